The maximum atomic E-state index is 13.8. The van der Waals surface area contributed by atoms with Gasteiger partial charge >= 0.3 is 0 Å². The Morgan fingerprint density at radius 1 is 0.946 bits per heavy atom. The van der Waals surface area contributed by atoms with Gasteiger partial charge in [0.05, 0.1) is 17.8 Å². The van der Waals surface area contributed by atoms with E-state index in [1.807, 2.05) is 25.1 Å². The van der Waals surface area contributed by atoms with E-state index in [1.54, 1.807) is 61.0 Å². The van der Waals surface area contributed by atoms with Crippen LogP contribution in [0.2, 0.25) is 0 Å². The molecule has 0 atom stereocenters. The van der Waals surface area contributed by atoms with E-state index in [9.17, 15) is 9.18 Å². The van der Waals surface area contributed by atoms with E-state index in [0.717, 1.165) is 22.1 Å². The van der Waals surface area contributed by atoms with Gasteiger partial charge in [0.2, 0.25) is 11.9 Å². The van der Waals surface area contributed by atoms with Crippen LogP contribution in [0.1, 0.15) is 21.6 Å². The monoisotopic (exact) mass is 494 g/mol. The molecule has 0 spiro atoms. The fourth-order valence-electron chi connectivity index (χ4n) is 3.85. The van der Waals surface area contributed by atoms with Crippen molar-refractivity contribution in [2.24, 2.45) is 0 Å². The van der Waals surface area contributed by atoms with Gasteiger partial charge in [-0.15, -0.1) is 0 Å². The van der Waals surface area contributed by atoms with Gasteiger partial charge in [-0.3, -0.25) is 14.8 Å². The van der Waals surface area contributed by atoms with Crippen LogP contribution in [0.4, 0.5) is 16.2 Å². The average molecular weight is 495 g/mol. The Morgan fingerprint density at radius 2 is 1.68 bits per heavy atom. The summed E-state index contributed by atoms with van der Waals surface area (Å²) in [5.41, 5.74) is 10.1. The molecule has 1 amide bonds. The first-order chi connectivity index (χ1) is 17.9. The molecule has 5 rings (SSSR count). The minimum atomic E-state index is -0.545. The zero-order valence-electron chi connectivity index (χ0n) is 20.2. The number of carbonyl (C=O) groups is 1. The van der Waals surface area contributed by atoms with Gasteiger partial charge in [-0.1, -0.05) is 6.07 Å². The first-order valence-corrected chi connectivity index (χ1v) is 11.5. The van der Waals surface area contributed by atoms with Crippen molar-refractivity contribution >= 4 is 28.6 Å². The average Bonchev–Trinajstić information content (AvgIpc) is 2.93. The molecule has 184 valence electrons. The van der Waals surface area contributed by atoms with Crippen molar-refractivity contribution in [2.45, 2.75) is 13.5 Å². The SMILES string of the molecule is Cc1cc2cc(C(=O)N(Cc3ccc(-c4ccc(F)nc4)cn3)N(C)c3ncccn3)ccc2nc1N. The number of aryl methyl sites for hydroxylation is 1. The molecule has 10 heteroatoms. The first-order valence-electron chi connectivity index (χ1n) is 11.5. The molecule has 4 aromatic heterocycles. The van der Waals surface area contributed by atoms with Gasteiger partial charge in [-0.05, 0) is 61.0 Å². The molecule has 2 N–H and O–H groups in total. The number of benzene rings is 1. The number of nitrogens with two attached hydrogens (primary N) is 1. The van der Waals surface area contributed by atoms with E-state index in [4.69, 9.17) is 5.73 Å². The number of hydrogen-bond donors (Lipinski definition) is 1. The van der Waals surface area contributed by atoms with Crippen LogP contribution in [0, 0.1) is 12.9 Å². The number of aromatic nitrogens is 5. The zero-order chi connectivity index (χ0) is 25.9. The van der Waals surface area contributed by atoms with E-state index in [1.165, 1.54) is 17.3 Å². The minimum absolute atomic E-state index is 0.159. The van der Waals surface area contributed by atoms with Crippen LogP contribution in [0.5, 0.6) is 0 Å². The molecular formula is C27H23FN8O. The van der Waals surface area contributed by atoms with E-state index < -0.39 is 5.95 Å². The summed E-state index contributed by atoms with van der Waals surface area (Å²) in [5, 5.41) is 3.93. The quantitative estimate of drug-likeness (QED) is 0.276. The van der Waals surface area contributed by atoms with Crippen molar-refractivity contribution in [3.63, 3.8) is 0 Å². The molecule has 0 fully saturated rings. The predicted octanol–water partition coefficient (Wildman–Crippen LogP) is 4.21. The third-order valence-electron chi connectivity index (χ3n) is 5.93. The molecule has 0 saturated carbocycles. The number of carbonyl (C=O) groups excluding carboxylic acids is 1. The number of fused-ring (bicyclic) bond motifs is 1. The summed E-state index contributed by atoms with van der Waals surface area (Å²) in [7, 11) is 1.72. The molecular weight excluding hydrogens is 471 g/mol. The molecule has 37 heavy (non-hydrogen) atoms. The Balaban J connectivity index is 1.47. The summed E-state index contributed by atoms with van der Waals surface area (Å²) in [5.74, 6) is 0.00715. The highest BCUT2D eigenvalue weighted by Gasteiger charge is 2.23. The summed E-state index contributed by atoms with van der Waals surface area (Å²) >= 11 is 0. The van der Waals surface area contributed by atoms with Crippen molar-refractivity contribution in [1.29, 1.82) is 0 Å². The number of nitrogen functional groups attached to an aromatic ring is 1. The Kier molecular flexibility index (Phi) is 6.38. The smallest absolute Gasteiger partial charge is 0.272 e. The second-order valence-electron chi connectivity index (χ2n) is 8.44. The Morgan fingerprint density at radius 3 is 2.35 bits per heavy atom. The van der Waals surface area contributed by atoms with E-state index >= 15 is 0 Å². The number of pyridine rings is 3. The normalized spacial score (nSPS) is 10.9. The van der Waals surface area contributed by atoms with Crippen LogP contribution < -0.4 is 10.7 Å². The molecule has 1 aromatic carbocycles. The fraction of sp³-hybridized carbons (Fsp3) is 0.111. The molecule has 0 bridgehead atoms. The van der Waals surface area contributed by atoms with Gasteiger partial charge in [-0.25, -0.2) is 24.9 Å². The van der Waals surface area contributed by atoms with Crippen molar-refractivity contribution in [3.8, 4) is 11.1 Å². The second-order valence-corrected chi connectivity index (χ2v) is 8.44. The lowest BCUT2D eigenvalue weighted by atomic mass is 10.1. The largest absolute Gasteiger partial charge is 0.383 e. The van der Waals surface area contributed by atoms with Crippen LogP contribution >= 0.6 is 0 Å². The summed E-state index contributed by atoms with van der Waals surface area (Å²) in [6.07, 6.45) is 6.34. The third kappa shape index (κ3) is 5.03. The van der Waals surface area contributed by atoms with Crippen LogP contribution in [-0.2, 0) is 6.54 Å². The molecule has 0 radical (unpaired) electrons. The van der Waals surface area contributed by atoms with Gasteiger partial charge in [0, 0.05) is 53.9 Å². The van der Waals surface area contributed by atoms with Crippen molar-refractivity contribution in [2.75, 3.05) is 17.8 Å². The zero-order valence-corrected chi connectivity index (χ0v) is 20.2. The maximum Gasteiger partial charge on any atom is 0.272 e. The molecule has 9 nitrogen and oxygen atoms in total. The van der Waals surface area contributed by atoms with E-state index in [0.29, 0.717) is 28.5 Å². The molecule has 0 aliphatic carbocycles. The molecule has 4 heterocycles. The number of halogens is 1. The number of nitrogens with zero attached hydrogens (tertiary/aromatic N) is 7. The summed E-state index contributed by atoms with van der Waals surface area (Å²) in [6.45, 7) is 2.03. The second kappa shape index (κ2) is 9.94. The van der Waals surface area contributed by atoms with Gasteiger partial charge in [0.15, 0.2) is 0 Å². The van der Waals surface area contributed by atoms with Crippen LogP contribution in [0.3, 0.4) is 0 Å². The first kappa shape index (κ1) is 23.7. The lowest BCUT2D eigenvalue weighted by Gasteiger charge is -2.31. The molecule has 0 unspecified atom stereocenters. The lowest BCUT2D eigenvalue weighted by Crippen LogP contribution is -2.45. The number of rotatable bonds is 6. The molecule has 0 saturated heterocycles. The highest BCUT2D eigenvalue weighted by Crippen LogP contribution is 2.23. The molecule has 5 aromatic rings. The topological polar surface area (TPSA) is 114 Å². The summed E-state index contributed by atoms with van der Waals surface area (Å²) in [6, 6.07) is 15.5. The Hall–Kier alpha value is -4.99. The van der Waals surface area contributed by atoms with Crippen molar-refractivity contribution in [1.82, 2.24) is 29.9 Å². The van der Waals surface area contributed by atoms with Gasteiger partial charge in [0.25, 0.3) is 5.91 Å². The highest BCUT2D eigenvalue weighted by atomic mass is 19.1. The maximum absolute atomic E-state index is 13.8. The highest BCUT2D eigenvalue weighted by molar-refractivity contribution is 5.98. The summed E-state index contributed by atoms with van der Waals surface area (Å²) < 4.78 is 13.2. The Labute approximate surface area is 212 Å². The third-order valence-corrected chi connectivity index (χ3v) is 5.93. The van der Waals surface area contributed by atoms with Crippen LogP contribution in [0.15, 0.2) is 79.4 Å². The Bertz CT molecular complexity index is 1560. The number of hydrazine groups is 1. The van der Waals surface area contributed by atoms with Crippen molar-refractivity contribution in [3.05, 3.63) is 102 Å². The summed E-state index contributed by atoms with van der Waals surface area (Å²) in [4.78, 5) is 35.0. The van der Waals surface area contributed by atoms with Crippen LogP contribution in [0.25, 0.3) is 22.0 Å². The number of anilines is 2. The van der Waals surface area contributed by atoms with E-state index in [2.05, 4.69) is 24.9 Å². The minimum Gasteiger partial charge on any atom is -0.383 e. The van der Waals surface area contributed by atoms with Gasteiger partial charge in [-0.2, -0.15) is 4.39 Å². The van der Waals surface area contributed by atoms with E-state index in [-0.39, 0.29) is 12.5 Å². The standard InChI is InChI=1S/C27H23FN8O/c1-17-12-21-13-18(5-8-23(21)34-25(17)29)26(37)36(35(2)27-30-10-3-11-31-27)16-22-7-4-19(14-32-22)20-6-9-24(28)33-15-20/h3-15H,16H2,1-2H3,(H2,29,34). The lowest BCUT2D eigenvalue weighted by molar-refractivity contribution is 0.0727. The number of hydrogen-bond acceptors (Lipinski definition) is 8. The van der Waals surface area contributed by atoms with Gasteiger partial charge < -0.3 is 5.73 Å². The van der Waals surface area contributed by atoms with Crippen molar-refractivity contribution < 1.29 is 9.18 Å². The predicted molar refractivity (Wildman–Crippen MR) is 139 cm³/mol. The van der Waals surface area contributed by atoms with Crippen LogP contribution in [-0.4, -0.2) is 42.9 Å². The number of amides is 1. The molecule has 0 aliphatic heterocycles. The van der Waals surface area contributed by atoms with Gasteiger partial charge in [0.1, 0.15) is 5.82 Å². The fourth-order valence-corrected chi connectivity index (χ4v) is 3.85. The molecule has 0 aliphatic rings.